The highest BCUT2D eigenvalue weighted by Gasteiger charge is 2.19. The number of nitrogens with zero attached hydrogens (tertiary/aromatic N) is 2. The molecular weight excluding hydrogens is 224 g/mol. The molecule has 0 unspecified atom stereocenters. The van der Waals surface area contributed by atoms with Gasteiger partial charge in [0.05, 0.1) is 0 Å². The van der Waals surface area contributed by atoms with Gasteiger partial charge in [-0.3, -0.25) is 0 Å². The quantitative estimate of drug-likeness (QED) is 0.741. The molecule has 88 valence electrons. The Morgan fingerprint density at radius 3 is 2.56 bits per heavy atom. The lowest BCUT2D eigenvalue weighted by Gasteiger charge is -2.20. The molecule has 1 fully saturated rings. The molecule has 0 bridgehead atoms. The summed E-state index contributed by atoms with van der Waals surface area (Å²) in [5.41, 5.74) is 0.884. The van der Waals surface area contributed by atoms with Gasteiger partial charge in [-0.1, -0.05) is 19.3 Å². The molecule has 5 heteroatoms. The Labute approximate surface area is 96.0 Å². The summed E-state index contributed by atoms with van der Waals surface area (Å²) in [4.78, 5) is 7.98. The van der Waals surface area contributed by atoms with E-state index in [1.807, 2.05) is 6.07 Å². The minimum absolute atomic E-state index is 0.0458. The first-order valence-electron chi connectivity index (χ1n) is 5.60. The second kappa shape index (κ2) is 4.49. The first-order valence-corrected chi connectivity index (χ1v) is 7.49. The van der Waals surface area contributed by atoms with E-state index in [1.54, 1.807) is 6.20 Å². The molecule has 1 aliphatic rings. The number of sulfone groups is 1. The third-order valence-electron chi connectivity index (χ3n) is 3.01. The molecule has 0 saturated heterocycles. The topological polar surface area (TPSA) is 59.9 Å². The first-order chi connectivity index (χ1) is 7.57. The lowest BCUT2D eigenvalue weighted by molar-refractivity contribution is 0.433. The molecule has 4 nitrogen and oxygen atoms in total. The Morgan fingerprint density at radius 2 is 1.94 bits per heavy atom. The average Bonchev–Trinajstić information content (AvgIpc) is 2.29. The highest BCUT2D eigenvalue weighted by molar-refractivity contribution is 7.90. The van der Waals surface area contributed by atoms with Crippen LogP contribution in [0.4, 0.5) is 0 Å². The van der Waals surface area contributed by atoms with Crippen LogP contribution in [0.25, 0.3) is 0 Å². The van der Waals surface area contributed by atoms with Crippen molar-refractivity contribution in [3.8, 4) is 0 Å². The van der Waals surface area contributed by atoms with E-state index in [4.69, 9.17) is 0 Å². The zero-order valence-electron chi connectivity index (χ0n) is 9.39. The summed E-state index contributed by atoms with van der Waals surface area (Å²) >= 11 is 0. The van der Waals surface area contributed by atoms with E-state index in [0.717, 1.165) is 24.8 Å². The summed E-state index contributed by atoms with van der Waals surface area (Å²) in [7, 11) is -3.29. The Balaban J connectivity index is 2.28. The van der Waals surface area contributed by atoms with E-state index in [2.05, 4.69) is 9.97 Å². The fourth-order valence-electron chi connectivity index (χ4n) is 2.16. The smallest absolute Gasteiger partial charge is 0.227 e. The zero-order valence-corrected chi connectivity index (χ0v) is 10.2. The van der Waals surface area contributed by atoms with Crippen molar-refractivity contribution in [2.24, 2.45) is 0 Å². The molecule has 1 aromatic heterocycles. The van der Waals surface area contributed by atoms with Crippen molar-refractivity contribution in [3.63, 3.8) is 0 Å². The molecule has 1 aromatic rings. The maximum atomic E-state index is 11.3. The van der Waals surface area contributed by atoms with Gasteiger partial charge in [-0.15, -0.1) is 0 Å². The summed E-state index contributed by atoms with van der Waals surface area (Å²) in [6, 6.07) is 1.84. The summed E-state index contributed by atoms with van der Waals surface area (Å²) in [5.74, 6) is 0.414. The first kappa shape index (κ1) is 11.5. The standard InChI is InChI=1S/C11H16N2O2S/c1-16(14,15)11-12-8-7-10(13-11)9-5-3-2-4-6-9/h7-9H,2-6H2,1H3. The number of hydrogen-bond acceptors (Lipinski definition) is 4. The second-order valence-electron chi connectivity index (χ2n) is 4.37. The maximum Gasteiger partial charge on any atom is 0.246 e. The minimum Gasteiger partial charge on any atom is -0.227 e. The maximum absolute atomic E-state index is 11.3. The van der Waals surface area contributed by atoms with E-state index in [0.29, 0.717) is 5.92 Å². The predicted molar refractivity (Wildman–Crippen MR) is 61.0 cm³/mol. The summed E-state index contributed by atoms with van der Waals surface area (Å²) < 4.78 is 22.7. The fourth-order valence-corrected chi connectivity index (χ4v) is 2.68. The van der Waals surface area contributed by atoms with Crippen LogP contribution >= 0.6 is 0 Å². The van der Waals surface area contributed by atoms with E-state index in [9.17, 15) is 8.42 Å². The Morgan fingerprint density at radius 1 is 1.25 bits per heavy atom. The monoisotopic (exact) mass is 240 g/mol. The molecule has 0 radical (unpaired) electrons. The van der Waals surface area contributed by atoms with Crippen LogP contribution in [0.1, 0.15) is 43.7 Å². The molecule has 1 heterocycles. The van der Waals surface area contributed by atoms with Gasteiger partial charge < -0.3 is 0 Å². The third kappa shape index (κ3) is 2.58. The van der Waals surface area contributed by atoms with Gasteiger partial charge in [0.1, 0.15) is 0 Å². The normalized spacial score (nSPS) is 18.6. The molecule has 0 aliphatic heterocycles. The molecule has 0 aromatic carbocycles. The van der Waals surface area contributed by atoms with Gasteiger partial charge in [0, 0.05) is 24.1 Å². The van der Waals surface area contributed by atoms with Crippen LogP contribution in [0.2, 0.25) is 0 Å². The number of aromatic nitrogens is 2. The molecule has 16 heavy (non-hydrogen) atoms. The van der Waals surface area contributed by atoms with E-state index >= 15 is 0 Å². The van der Waals surface area contributed by atoms with Crippen LogP contribution in [0, 0.1) is 0 Å². The molecule has 0 atom stereocenters. The zero-order chi connectivity index (χ0) is 11.6. The van der Waals surface area contributed by atoms with Crippen molar-refractivity contribution in [3.05, 3.63) is 18.0 Å². The van der Waals surface area contributed by atoms with Crippen molar-refractivity contribution in [1.29, 1.82) is 0 Å². The van der Waals surface area contributed by atoms with Gasteiger partial charge in [0.15, 0.2) is 0 Å². The fraction of sp³-hybridized carbons (Fsp3) is 0.636. The van der Waals surface area contributed by atoms with Crippen molar-refractivity contribution in [2.75, 3.05) is 6.26 Å². The van der Waals surface area contributed by atoms with Gasteiger partial charge in [-0.05, 0) is 18.9 Å². The van der Waals surface area contributed by atoms with Crippen LogP contribution in [0.15, 0.2) is 17.4 Å². The van der Waals surface area contributed by atoms with E-state index in [1.165, 1.54) is 19.3 Å². The number of rotatable bonds is 2. The van der Waals surface area contributed by atoms with E-state index < -0.39 is 9.84 Å². The summed E-state index contributed by atoms with van der Waals surface area (Å²) in [6.45, 7) is 0. The molecule has 0 N–H and O–H groups in total. The van der Waals surface area contributed by atoms with Crippen LogP contribution in [0.5, 0.6) is 0 Å². The van der Waals surface area contributed by atoms with Gasteiger partial charge in [0.25, 0.3) is 0 Å². The van der Waals surface area contributed by atoms with Gasteiger partial charge in [-0.25, -0.2) is 18.4 Å². The van der Waals surface area contributed by atoms with Crippen LogP contribution < -0.4 is 0 Å². The van der Waals surface area contributed by atoms with E-state index in [-0.39, 0.29) is 5.16 Å². The lowest BCUT2D eigenvalue weighted by Crippen LogP contribution is -2.10. The Bertz CT molecular complexity index is 465. The Hall–Kier alpha value is -0.970. The highest BCUT2D eigenvalue weighted by atomic mass is 32.2. The van der Waals surface area contributed by atoms with Crippen molar-refractivity contribution >= 4 is 9.84 Å². The summed E-state index contributed by atoms with van der Waals surface area (Å²) in [6.07, 6.45) is 8.62. The van der Waals surface area contributed by atoms with Crippen molar-refractivity contribution < 1.29 is 8.42 Å². The predicted octanol–water partition coefficient (Wildman–Crippen LogP) is 1.93. The Kier molecular flexibility index (Phi) is 3.23. The van der Waals surface area contributed by atoms with Crippen molar-refractivity contribution in [2.45, 2.75) is 43.2 Å². The largest absolute Gasteiger partial charge is 0.246 e. The highest BCUT2D eigenvalue weighted by Crippen LogP contribution is 2.31. The molecule has 1 aliphatic carbocycles. The average molecular weight is 240 g/mol. The molecule has 1 saturated carbocycles. The molecular formula is C11H16N2O2S. The molecule has 0 amide bonds. The van der Waals surface area contributed by atoms with Gasteiger partial charge in [-0.2, -0.15) is 0 Å². The van der Waals surface area contributed by atoms with Crippen LogP contribution in [-0.2, 0) is 9.84 Å². The van der Waals surface area contributed by atoms with Crippen LogP contribution in [-0.4, -0.2) is 24.6 Å². The SMILES string of the molecule is CS(=O)(=O)c1nccc(C2CCCCC2)n1. The number of hydrogen-bond donors (Lipinski definition) is 0. The lowest BCUT2D eigenvalue weighted by atomic mass is 9.87. The van der Waals surface area contributed by atoms with Gasteiger partial charge >= 0.3 is 0 Å². The minimum atomic E-state index is -3.29. The summed E-state index contributed by atoms with van der Waals surface area (Å²) in [5, 5.41) is -0.0458. The molecule has 2 rings (SSSR count). The molecule has 0 spiro atoms. The second-order valence-corrected chi connectivity index (χ2v) is 6.28. The van der Waals surface area contributed by atoms with Gasteiger partial charge in [0.2, 0.25) is 15.0 Å². The van der Waals surface area contributed by atoms with Crippen LogP contribution in [0.3, 0.4) is 0 Å². The third-order valence-corrected chi connectivity index (χ3v) is 3.87. The van der Waals surface area contributed by atoms with Crippen molar-refractivity contribution in [1.82, 2.24) is 9.97 Å².